The second kappa shape index (κ2) is 7.03. The SMILES string of the molecule is CC(Sc1nc2cc(C(F)(F)F)ccc2n1Cc1ccccc1)C(N)=O. The number of nitrogens with two attached hydrogens (primary N) is 1. The number of benzene rings is 2. The monoisotopic (exact) mass is 379 g/mol. The molecule has 2 aromatic carbocycles. The standard InChI is InChI=1S/C18H16F3N3OS/c1-11(16(22)25)26-17-23-14-9-13(18(19,20)21)7-8-15(14)24(17)10-12-5-3-2-4-6-12/h2-9,11H,10H2,1H3,(H2,22,25). The van der Waals surface area contributed by atoms with Crippen LogP contribution in [0, 0.1) is 0 Å². The zero-order valence-corrected chi connectivity index (χ0v) is 14.6. The van der Waals surface area contributed by atoms with Crippen LogP contribution in [0.4, 0.5) is 13.2 Å². The second-order valence-electron chi connectivity index (χ2n) is 5.83. The van der Waals surface area contributed by atoms with Crippen LogP contribution in [-0.2, 0) is 17.5 Å². The predicted molar refractivity (Wildman–Crippen MR) is 94.8 cm³/mol. The van der Waals surface area contributed by atoms with Crippen molar-refractivity contribution < 1.29 is 18.0 Å². The fraction of sp³-hybridized carbons (Fsp3) is 0.222. The first kappa shape index (κ1) is 18.3. The molecule has 1 unspecified atom stereocenters. The summed E-state index contributed by atoms with van der Waals surface area (Å²) in [5.41, 5.74) is 6.33. The number of halogens is 3. The largest absolute Gasteiger partial charge is 0.416 e. The fourth-order valence-corrected chi connectivity index (χ4v) is 3.38. The summed E-state index contributed by atoms with van der Waals surface area (Å²) in [6.07, 6.45) is -4.44. The molecule has 1 aromatic heterocycles. The van der Waals surface area contributed by atoms with Gasteiger partial charge >= 0.3 is 6.18 Å². The first-order valence-electron chi connectivity index (χ1n) is 7.83. The predicted octanol–water partition coefficient (Wildman–Crippen LogP) is 4.07. The average Bonchev–Trinajstić information content (AvgIpc) is 2.91. The topological polar surface area (TPSA) is 60.9 Å². The molecule has 1 amide bonds. The van der Waals surface area contributed by atoms with Crippen molar-refractivity contribution in [2.75, 3.05) is 0 Å². The molecule has 136 valence electrons. The van der Waals surface area contributed by atoms with Crippen LogP contribution in [0.1, 0.15) is 18.1 Å². The summed E-state index contributed by atoms with van der Waals surface area (Å²) in [5, 5.41) is -0.0992. The summed E-state index contributed by atoms with van der Waals surface area (Å²) in [7, 11) is 0. The van der Waals surface area contributed by atoms with Gasteiger partial charge in [-0.1, -0.05) is 42.1 Å². The minimum Gasteiger partial charge on any atom is -0.369 e. The number of hydrogen-bond donors (Lipinski definition) is 1. The molecule has 0 spiro atoms. The molecule has 3 aromatic rings. The molecule has 3 rings (SSSR count). The van der Waals surface area contributed by atoms with Crippen LogP contribution in [0.3, 0.4) is 0 Å². The van der Waals surface area contributed by atoms with Crippen LogP contribution in [0.15, 0.2) is 53.7 Å². The molecule has 0 radical (unpaired) electrons. The molecule has 0 saturated heterocycles. The van der Waals surface area contributed by atoms with Crippen molar-refractivity contribution in [3.63, 3.8) is 0 Å². The summed E-state index contributed by atoms with van der Waals surface area (Å²) in [6.45, 7) is 2.07. The lowest BCUT2D eigenvalue weighted by molar-refractivity contribution is -0.137. The normalized spacial score (nSPS) is 13.1. The molecule has 4 nitrogen and oxygen atoms in total. The number of hydrogen-bond acceptors (Lipinski definition) is 3. The van der Waals surface area contributed by atoms with Gasteiger partial charge in [0.15, 0.2) is 5.16 Å². The molecule has 0 aliphatic carbocycles. The van der Waals surface area contributed by atoms with E-state index >= 15 is 0 Å². The van der Waals surface area contributed by atoms with Crippen molar-refractivity contribution in [1.82, 2.24) is 9.55 Å². The Hall–Kier alpha value is -2.48. The number of fused-ring (bicyclic) bond motifs is 1. The molecule has 1 heterocycles. The highest BCUT2D eigenvalue weighted by atomic mass is 32.2. The van der Waals surface area contributed by atoms with Gasteiger partial charge in [0.1, 0.15) is 0 Å². The quantitative estimate of drug-likeness (QED) is 0.680. The molecule has 0 fully saturated rings. The number of thioether (sulfide) groups is 1. The lowest BCUT2D eigenvalue weighted by atomic mass is 10.2. The van der Waals surface area contributed by atoms with Crippen LogP contribution in [0.2, 0.25) is 0 Å². The van der Waals surface area contributed by atoms with Crippen molar-refractivity contribution in [2.45, 2.75) is 30.1 Å². The van der Waals surface area contributed by atoms with Gasteiger partial charge in [0.25, 0.3) is 0 Å². The highest BCUT2D eigenvalue weighted by Gasteiger charge is 2.31. The van der Waals surface area contributed by atoms with Crippen molar-refractivity contribution in [3.8, 4) is 0 Å². The average molecular weight is 379 g/mol. The molecule has 2 N–H and O–H groups in total. The lowest BCUT2D eigenvalue weighted by Crippen LogP contribution is -2.23. The van der Waals surface area contributed by atoms with Crippen molar-refractivity contribution in [3.05, 3.63) is 59.7 Å². The smallest absolute Gasteiger partial charge is 0.369 e. The van der Waals surface area contributed by atoms with E-state index in [4.69, 9.17) is 5.73 Å². The number of primary amides is 1. The number of amides is 1. The summed E-state index contributed by atoms with van der Waals surface area (Å²) < 4.78 is 40.8. The first-order valence-corrected chi connectivity index (χ1v) is 8.71. The number of imidazole rings is 1. The van der Waals surface area contributed by atoms with E-state index in [1.165, 1.54) is 6.07 Å². The van der Waals surface area contributed by atoms with Gasteiger partial charge in [-0.2, -0.15) is 13.2 Å². The van der Waals surface area contributed by atoms with Crippen LogP contribution in [-0.4, -0.2) is 20.7 Å². The van der Waals surface area contributed by atoms with Gasteiger partial charge in [-0.3, -0.25) is 4.79 Å². The van der Waals surface area contributed by atoms with E-state index in [0.717, 1.165) is 29.5 Å². The molecule has 0 saturated carbocycles. The van der Waals surface area contributed by atoms with E-state index in [1.807, 2.05) is 30.3 Å². The molecular formula is C18H16F3N3OS. The number of nitrogens with zero attached hydrogens (tertiary/aromatic N) is 2. The third kappa shape index (κ3) is 3.85. The minimum absolute atomic E-state index is 0.231. The first-order chi connectivity index (χ1) is 12.3. The van der Waals surface area contributed by atoms with E-state index in [-0.39, 0.29) is 5.52 Å². The highest BCUT2D eigenvalue weighted by molar-refractivity contribution is 8.00. The Kier molecular flexibility index (Phi) is 4.95. The van der Waals surface area contributed by atoms with E-state index in [0.29, 0.717) is 17.2 Å². The Bertz CT molecular complexity index is 938. The van der Waals surface area contributed by atoms with Crippen molar-refractivity contribution >= 4 is 28.7 Å². The fourth-order valence-electron chi connectivity index (χ4n) is 2.51. The lowest BCUT2D eigenvalue weighted by Gasteiger charge is -2.11. The summed E-state index contributed by atoms with van der Waals surface area (Å²) >= 11 is 1.13. The summed E-state index contributed by atoms with van der Waals surface area (Å²) in [5.74, 6) is -0.510. The van der Waals surface area contributed by atoms with Crippen molar-refractivity contribution in [1.29, 1.82) is 0 Å². The molecule has 8 heteroatoms. The van der Waals surface area contributed by atoms with Crippen LogP contribution < -0.4 is 5.73 Å². The Morgan fingerprint density at radius 1 is 1.23 bits per heavy atom. The van der Waals surface area contributed by atoms with E-state index in [1.54, 1.807) is 11.5 Å². The summed E-state index contributed by atoms with van der Waals surface area (Å²) in [4.78, 5) is 15.7. The zero-order valence-electron chi connectivity index (χ0n) is 13.8. The number of rotatable bonds is 5. The zero-order chi connectivity index (χ0) is 18.9. The number of alkyl halides is 3. The Morgan fingerprint density at radius 2 is 1.92 bits per heavy atom. The van der Waals surface area contributed by atoms with Gasteiger partial charge in [0.2, 0.25) is 5.91 Å². The number of carbonyl (C=O) groups is 1. The highest BCUT2D eigenvalue weighted by Crippen LogP contribution is 2.34. The van der Waals surface area contributed by atoms with Crippen LogP contribution in [0.25, 0.3) is 11.0 Å². The Labute approximate surface area is 152 Å². The second-order valence-corrected chi connectivity index (χ2v) is 7.14. The molecule has 26 heavy (non-hydrogen) atoms. The Balaban J connectivity index is 2.09. The van der Waals surface area contributed by atoms with Crippen LogP contribution >= 0.6 is 11.8 Å². The third-order valence-corrected chi connectivity index (χ3v) is 5.02. The summed E-state index contributed by atoms with van der Waals surface area (Å²) in [6, 6.07) is 13.0. The molecular weight excluding hydrogens is 363 g/mol. The van der Waals surface area contributed by atoms with Gasteiger partial charge in [-0.05, 0) is 30.7 Å². The molecule has 1 atom stereocenters. The van der Waals surface area contributed by atoms with Gasteiger partial charge in [0.05, 0.1) is 28.4 Å². The van der Waals surface area contributed by atoms with Gasteiger partial charge in [-0.25, -0.2) is 4.98 Å². The maximum atomic E-state index is 13.0. The van der Waals surface area contributed by atoms with E-state index in [2.05, 4.69) is 4.98 Å². The number of aromatic nitrogens is 2. The van der Waals surface area contributed by atoms with Gasteiger partial charge in [-0.15, -0.1) is 0 Å². The van der Waals surface area contributed by atoms with Crippen LogP contribution in [0.5, 0.6) is 0 Å². The molecule has 0 bridgehead atoms. The van der Waals surface area contributed by atoms with E-state index < -0.39 is 22.9 Å². The Morgan fingerprint density at radius 3 is 2.54 bits per heavy atom. The third-order valence-electron chi connectivity index (χ3n) is 3.91. The maximum absolute atomic E-state index is 13.0. The van der Waals surface area contributed by atoms with E-state index in [9.17, 15) is 18.0 Å². The molecule has 0 aliphatic rings. The van der Waals surface area contributed by atoms with Crippen molar-refractivity contribution in [2.24, 2.45) is 5.73 Å². The molecule has 0 aliphatic heterocycles. The number of carbonyl (C=O) groups excluding carboxylic acids is 1. The minimum atomic E-state index is -4.44. The maximum Gasteiger partial charge on any atom is 0.416 e. The van der Waals surface area contributed by atoms with Gasteiger partial charge in [0, 0.05) is 0 Å². The van der Waals surface area contributed by atoms with Gasteiger partial charge < -0.3 is 10.3 Å².